The summed E-state index contributed by atoms with van der Waals surface area (Å²) in [5, 5.41) is 11.9. The minimum absolute atomic E-state index is 0.00435. The van der Waals surface area contributed by atoms with Crippen LogP contribution in [0.25, 0.3) is 32.4 Å². The van der Waals surface area contributed by atoms with Crippen LogP contribution >= 0.6 is 11.3 Å². The molecule has 9 heteroatoms. The molecule has 0 amide bonds. The first-order valence-electron chi connectivity index (χ1n) is 11.1. The molecule has 2 aromatic carbocycles. The Morgan fingerprint density at radius 1 is 1.09 bits per heavy atom. The molecule has 0 saturated heterocycles. The molecule has 4 aromatic rings. The van der Waals surface area contributed by atoms with Gasteiger partial charge in [0.25, 0.3) is 0 Å². The van der Waals surface area contributed by atoms with Gasteiger partial charge in [-0.3, -0.25) is 4.79 Å². The number of benzene rings is 2. The van der Waals surface area contributed by atoms with Crippen LogP contribution in [0.3, 0.4) is 0 Å². The molecule has 7 nitrogen and oxygen atoms in total. The van der Waals surface area contributed by atoms with E-state index in [1.807, 2.05) is 25.1 Å². The fourth-order valence-electron chi connectivity index (χ4n) is 3.93. The highest BCUT2D eigenvalue weighted by Crippen LogP contribution is 2.36. The van der Waals surface area contributed by atoms with Crippen LogP contribution in [0.4, 0.5) is 0 Å². The molecule has 0 unspecified atom stereocenters. The smallest absolute Gasteiger partial charge is 0.322 e. The third-order valence-corrected chi connectivity index (χ3v) is 8.32. The highest BCUT2D eigenvalue weighted by molar-refractivity contribution is 7.89. The van der Waals surface area contributed by atoms with Gasteiger partial charge in [0.05, 0.1) is 20.5 Å². The van der Waals surface area contributed by atoms with E-state index in [0.29, 0.717) is 22.5 Å². The van der Waals surface area contributed by atoms with Gasteiger partial charge in [-0.1, -0.05) is 33.8 Å². The minimum Gasteiger partial charge on any atom is -0.480 e. The lowest BCUT2D eigenvalue weighted by molar-refractivity contribution is -0.140. The van der Waals surface area contributed by atoms with Crippen molar-refractivity contribution in [2.45, 2.75) is 52.0 Å². The Morgan fingerprint density at radius 2 is 1.82 bits per heavy atom. The second-order valence-electron chi connectivity index (χ2n) is 9.27. The van der Waals surface area contributed by atoms with Crippen LogP contribution in [0.15, 0.2) is 45.7 Å². The van der Waals surface area contributed by atoms with Crippen LogP contribution in [0.5, 0.6) is 0 Å². The second kappa shape index (κ2) is 9.13. The van der Waals surface area contributed by atoms with Crippen molar-refractivity contribution in [3.8, 4) is 10.4 Å². The van der Waals surface area contributed by atoms with E-state index in [2.05, 4.69) is 18.6 Å². The molecule has 0 radical (unpaired) electrons. The van der Waals surface area contributed by atoms with Gasteiger partial charge in [-0.15, -0.1) is 11.3 Å². The number of sulfonamides is 1. The van der Waals surface area contributed by atoms with E-state index < -0.39 is 28.0 Å². The molecule has 34 heavy (non-hydrogen) atoms. The molecule has 1 atom stereocenters. The number of hydrogen-bond donors (Lipinski definition) is 2. The molecule has 2 N–H and O–H groups in total. The van der Waals surface area contributed by atoms with E-state index in [-0.39, 0.29) is 4.90 Å². The Bertz CT molecular complexity index is 1480. The van der Waals surface area contributed by atoms with Gasteiger partial charge in [0.2, 0.25) is 10.0 Å². The summed E-state index contributed by atoms with van der Waals surface area (Å²) in [6, 6.07) is 9.23. The fraction of sp³-hybridized carbons (Fsp3) is 0.360. The molecule has 4 rings (SSSR count). The van der Waals surface area contributed by atoms with Crippen molar-refractivity contribution in [2.75, 3.05) is 0 Å². The summed E-state index contributed by atoms with van der Waals surface area (Å²) in [5.74, 6) is -1.08. The Morgan fingerprint density at radius 3 is 2.47 bits per heavy atom. The summed E-state index contributed by atoms with van der Waals surface area (Å²) < 4.78 is 34.1. The number of thiazole rings is 1. The van der Waals surface area contributed by atoms with E-state index in [9.17, 15) is 18.3 Å². The summed E-state index contributed by atoms with van der Waals surface area (Å²) in [7, 11) is -4.03. The van der Waals surface area contributed by atoms with Crippen molar-refractivity contribution in [2.24, 2.45) is 11.8 Å². The molecule has 0 spiro atoms. The zero-order valence-corrected chi connectivity index (χ0v) is 21.4. The Hall–Kier alpha value is -2.75. The SMILES string of the molecule is Cc1nc(CC(C)C)sc1-c1ccc2c(c1)oc1ccc(S(=O)(=O)N[C@@H](C(=O)O)C(C)C)cc12. The maximum atomic E-state index is 12.9. The first-order valence-corrected chi connectivity index (χ1v) is 13.4. The Labute approximate surface area is 202 Å². The summed E-state index contributed by atoms with van der Waals surface area (Å²) in [6.07, 6.45) is 0.934. The molecule has 180 valence electrons. The van der Waals surface area contributed by atoms with Gasteiger partial charge in [-0.25, -0.2) is 13.4 Å². The maximum Gasteiger partial charge on any atom is 0.322 e. The predicted molar refractivity (Wildman–Crippen MR) is 135 cm³/mol. The quantitative estimate of drug-likeness (QED) is 0.326. The lowest BCUT2D eigenvalue weighted by Crippen LogP contribution is -2.44. The summed E-state index contributed by atoms with van der Waals surface area (Å²) in [6.45, 7) is 9.66. The summed E-state index contributed by atoms with van der Waals surface area (Å²) in [5.41, 5.74) is 3.20. The lowest BCUT2D eigenvalue weighted by Gasteiger charge is -2.17. The third kappa shape index (κ3) is 4.73. The molecule has 2 aromatic heterocycles. The van der Waals surface area contributed by atoms with E-state index >= 15 is 0 Å². The number of furan rings is 1. The van der Waals surface area contributed by atoms with E-state index in [4.69, 9.17) is 9.40 Å². The van der Waals surface area contributed by atoms with Gasteiger partial charge >= 0.3 is 5.97 Å². The summed E-state index contributed by atoms with van der Waals surface area (Å²) >= 11 is 1.68. The molecule has 0 aliphatic carbocycles. The number of fused-ring (bicyclic) bond motifs is 3. The highest BCUT2D eigenvalue weighted by Gasteiger charge is 2.28. The monoisotopic (exact) mass is 500 g/mol. The molecule has 2 heterocycles. The van der Waals surface area contributed by atoms with Crippen LogP contribution in [0, 0.1) is 18.8 Å². The number of carbonyl (C=O) groups is 1. The van der Waals surface area contributed by atoms with E-state index in [0.717, 1.165) is 32.9 Å². The number of carboxylic acids is 1. The lowest BCUT2D eigenvalue weighted by atomic mass is 10.1. The minimum atomic E-state index is -4.03. The van der Waals surface area contributed by atoms with Crippen LogP contribution in [0.1, 0.15) is 38.4 Å². The number of aromatic nitrogens is 1. The summed E-state index contributed by atoms with van der Waals surface area (Å²) in [4.78, 5) is 17.3. The Balaban J connectivity index is 1.73. The standard InChI is InChI=1S/C25H28N2O5S2/c1-13(2)10-22-26-15(5)24(33-22)16-6-8-18-19-12-17(7-9-20(19)32-21(18)11-16)34(30,31)27-23(14(3)4)25(28)29/h6-9,11-14,23,27H,10H2,1-5H3,(H,28,29)/t23-/m1/s1. The number of hydrogen-bond acceptors (Lipinski definition) is 6. The average molecular weight is 501 g/mol. The van der Waals surface area contributed by atoms with Crippen LogP contribution in [-0.2, 0) is 21.2 Å². The van der Waals surface area contributed by atoms with Crippen molar-refractivity contribution in [1.29, 1.82) is 0 Å². The molecule has 0 aliphatic heterocycles. The van der Waals surface area contributed by atoms with Gasteiger partial charge in [-0.05, 0) is 54.7 Å². The topological polar surface area (TPSA) is 110 Å². The van der Waals surface area contributed by atoms with Gasteiger partial charge in [0.15, 0.2) is 0 Å². The van der Waals surface area contributed by atoms with Gasteiger partial charge in [-0.2, -0.15) is 4.72 Å². The zero-order valence-electron chi connectivity index (χ0n) is 19.7. The van der Waals surface area contributed by atoms with Crippen LogP contribution < -0.4 is 4.72 Å². The largest absolute Gasteiger partial charge is 0.480 e. The first-order chi connectivity index (χ1) is 16.0. The fourth-order valence-corrected chi connectivity index (χ4v) is 6.56. The molecule has 0 fully saturated rings. The molecule has 0 aliphatic rings. The molecule has 0 saturated carbocycles. The van der Waals surface area contributed by atoms with Gasteiger partial charge in [0, 0.05) is 17.2 Å². The highest BCUT2D eigenvalue weighted by atomic mass is 32.2. The van der Waals surface area contributed by atoms with Crippen LogP contribution in [0.2, 0.25) is 0 Å². The first kappa shape index (κ1) is 24.4. The zero-order chi connectivity index (χ0) is 24.8. The molecule has 0 bridgehead atoms. The van der Waals surface area contributed by atoms with Crippen molar-refractivity contribution in [1.82, 2.24) is 9.71 Å². The van der Waals surface area contributed by atoms with Crippen molar-refractivity contribution < 1.29 is 22.7 Å². The number of rotatable bonds is 8. The van der Waals surface area contributed by atoms with Crippen LogP contribution in [-0.4, -0.2) is 30.5 Å². The number of nitrogens with one attached hydrogen (secondary N) is 1. The second-order valence-corrected chi connectivity index (χ2v) is 12.1. The maximum absolute atomic E-state index is 12.9. The third-order valence-electron chi connectivity index (χ3n) is 5.65. The predicted octanol–water partition coefficient (Wildman–Crippen LogP) is 5.60. The number of aryl methyl sites for hydroxylation is 1. The van der Waals surface area contributed by atoms with Crippen molar-refractivity contribution in [3.63, 3.8) is 0 Å². The Kier molecular flexibility index (Phi) is 6.54. The van der Waals surface area contributed by atoms with Crippen molar-refractivity contribution in [3.05, 3.63) is 47.1 Å². The number of carboxylic acid groups (broad SMARTS) is 1. The van der Waals surface area contributed by atoms with Crippen molar-refractivity contribution >= 4 is 49.3 Å². The van der Waals surface area contributed by atoms with Gasteiger partial charge < -0.3 is 9.52 Å². The van der Waals surface area contributed by atoms with E-state index in [1.54, 1.807) is 31.3 Å². The van der Waals surface area contributed by atoms with E-state index in [1.165, 1.54) is 12.1 Å². The average Bonchev–Trinajstić information content (AvgIpc) is 3.29. The normalized spacial score (nSPS) is 13.4. The molecular formula is C25H28N2O5S2. The van der Waals surface area contributed by atoms with Gasteiger partial charge in [0.1, 0.15) is 17.2 Å². The number of aliphatic carboxylic acids is 1. The molecular weight excluding hydrogens is 472 g/mol. The number of nitrogens with zero attached hydrogens (tertiary/aromatic N) is 1.